The molecule has 3 nitrogen and oxygen atoms in total. The molecular formula is C14H14F2N2O. The molecule has 1 aromatic heterocycles. The molecule has 0 atom stereocenters. The number of benzene rings is 1. The number of hydrogen-bond donors (Lipinski definition) is 0. The average Bonchev–Trinajstić information content (AvgIpc) is 2.65. The molecule has 5 heteroatoms. The number of rotatable bonds is 2. The number of fused-ring (bicyclic) bond motifs is 1. The van der Waals surface area contributed by atoms with Crippen LogP contribution in [-0.4, -0.2) is 34.9 Å². The van der Waals surface area contributed by atoms with Gasteiger partial charge in [-0.05, 0) is 6.07 Å². The lowest BCUT2D eigenvalue weighted by molar-refractivity contribution is -0.0151. The van der Waals surface area contributed by atoms with E-state index in [1.54, 1.807) is 6.20 Å². The lowest BCUT2D eigenvalue weighted by atomic mass is 9.99. The van der Waals surface area contributed by atoms with E-state index in [1.165, 1.54) is 4.90 Å². The van der Waals surface area contributed by atoms with Gasteiger partial charge in [0.15, 0.2) is 0 Å². The number of aromatic nitrogens is 1. The molecule has 19 heavy (non-hydrogen) atoms. The van der Waals surface area contributed by atoms with Crippen LogP contribution in [0.25, 0.3) is 10.9 Å². The van der Waals surface area contributed by atoms with Gasteiger partial charge in [0.25, 0.3) is 5.91 Å². The van der Waals surface area contributed by atoms with E-state index >= 15 is 0 Å². The maximum absolute atomic E-state index is 12.4. The van der Waals surface area contributed by atoms with Crippen molar-refractivity contribution < 1.29 is 13.6 Å². The Hall–Kier alpha value is -1.91. The Balaban J connectivity index is 1.87. The lowest BCUT2D eigenvalue weighted by Gasteiger charge is -2.38. The van der Waals surface area contributed by atoms with E-state index in [1.807, 2.05) is 35.9 Å². The highest BCUT2D eigenvalue weighted by molar-refractivity contribution is 6.07. The third-order valence-electron chi connectivity index (χ3n) is 3.68. The predicted octanol–water partition coefficient (Wildman–Crippen LogP) is 2.52. The number of alkyl halides is 2. The van der Waals surface area contributed by atoms with Gasteiger partial charge in [0.2, 0.25) is 6.43 Å². The first-order valence-corrected chi connectivity index (χ1v) is 6.19. The highest BCUT2D eigenvalue weighted by atomic mass is 19.3. The van der Waals surface area contributed by atoms with Crippen molar-refractivity contribution in [3.63, 3.8) is 0 Å². The Morgan fingerprint density at radius 2 is 2.00 bits per heavy atom. The van der Waals surface area contributed by atoms with Gasteiger partial charge >= 0.3 is 0 Å². The fourth-order valence-electron chi connectivity index (χ4n) is 2.52. The number of carbonyl (C=O) groups is 1. The van der Waals surface area contributed by atoms with Crippen LogP contribution in [0.3, 0.4) is 0 Å². The SMILES string of the molecule is Cn1cc(C(=O)N2CC(C(F)F)C2)c2ccccc21. The van der Waals surface area contributed by atoms with E-state index in [2.05, 4.69) is 0 Å². The molecule has 0 spiro atoms. The number of hydrogen-bond acceptors (Lipinski definition) is 1. The molecule has 3 rings (SSSR count). The molecule has 2 heterocycles. The average molecular weight is 264 g/mol. The summed E-state index contributed by atoms with van der Waals surface area (Å²) in [6, 6.07) is 7.60. The van der Waals surface area contributed by atoms with Crippen LogP contribution in [0.4, 0.5) is 8.78 Å². The number of para-hydroxylation sites is 1. The van der Waals surface area contributed by atoms with Gasteiger partial charge in [0.1, 0.15) is 0 Å². The highest BCUT2D eigenvalue weighted by Gasteiger charge is 2.37. The first-order chi connectivity index (χ1) is 9.08. The van der Waals surface area contributed by atoms with Crippen LogP contribution in [0.1, 0.15) is 10.4 Å². The van der Waals surface area contributed by atoms with E-state index in [9.17, 15) is 13.6 Å². The summed E-state index contributed by atoms with van der Waals surface area (Å²) < 4.78 is 26.8. The van der Waals surface area contributed by atoms with Crippen LogP contribution >= 0.6 is 0 Å². The Morgan fingerprint density at radius 1 is 1.32 bits per heavy atom. The summed E-state index contributed by atoms with van der Waals surface area (Å²) in [5.41, 5.74) is 1.56. The summed E-state index contributed by atoms with van der Waals surface area (Å²) in [6.45, 7) is 0.305. The van der Waals surface area contributed by atoms with E-state index in [4.69, 9.17) is 0 Å². The van der Waals surface area contributed by atoms with Crippen LogP contribution < -0.4 is 0 Å². The van der Waals surface area contributed by atoms with Gasteiger partial charge in [-0.3, -0.25) is 4.79 Å². The number of likely N-dealkylation sites (tertiary alicyclic amines) is 1. The summed E-state index contributed by atoms with van der Waals surface area (Å²) >= 11 is 0. The number of nitrogens with zero attached hydrogens (tertiary/aromatic N) is 2. The zero-order chi connectivity index (χ0) is 13.6. The molecule has 0 bridgehead atoms. The quantitative estimate of drug-likeness (QED) is 0.818. The Labute approximate surface area is 109 Å². The number of aryl methyl sites for hydroxylation is 1. The molecule has 1 aliphatic rings. The Morgan fingerprint density at radius 3 is 2.68 bits per heavy atom. The third kappa shape index (κ3) is 1.89. The van der Waals surface area contributed by atoms with Crippen molar-refractivity contribution in [2.75, 3.05) is 13.1 Å². The summed E-state index contributed by atoms with van der Waals surface area (Å²) in [6.07, 6.45) is -0.570. The molecule has 0 saturated carbocycles. The molecule has 1 aliphatic heterocycles. The first kappa shape index (κ1) is 12.1. The van der Waals surface area contributed by atoms with Crippen molar-refractivity contribution in [3.8, 4) is 0 Å². The summed E-state index contributed by atoms with van der Waals surface area (Å²) in [5.74, 6) is -0.826. The zero-order valence-corrected chi connectivity index (χ0v) is 10.5. The van der Waals surface area contributed by atoms with Gasteiger partial charge in [0, 0.05) is 37.2 Å². The topological polar surface area (TPSA) is 25.2 Å². The van der Waals surface area contributed by atoms with E-state index in [0.29, 0.717) is 5.56 Å². The van der Waals surface area contributed by atoms with Crippen LogP contribution in [-0.2, 0) is 7.05 Å². The molecular weight excluding hydrogens is 250 g/mol. The molecule has 1 fully saturated rings. The minimum Gasteiger partial charge on any atom is -0.350 e. The van der Waals surface area contributed by atoms with Crippen molar-refractivity contribution in [1.29, 1.82) is 0 Å². The monoisotopic (exact) mass is 264 g/mol. The summed E-state index contributed by atoms with van der Waals surface area (Å²) in [5, 5.41) is 0.871. The van der Waals surface area contributed by atoms with Gasteiger partial charge in [-0.1, -0.05) is 18.2 Å². The van der Waals surface area contributed by atoms with Gasteiger partial charge in [-0.15, -0.1) is 0 Å². The van der Waals surface area contributed by atoms with Crippen molar-refractivity contribution in [3.05, 3.63) is 36.0 Å². The normalized spacial score (nSPS) is 16.1. The van der Waals surface area contributed by atoms with Crippen LogP contribution in [0.15, 0.2) is 30.5 Å². The second-order valence-electron chi connectivity index (χ2n) is 4.98. The van der Waals surface area contributed by atoms with Gasteiger partial charge < -0.3 is 9.47 Å². The van der Waals surface area contributed by atoms with E-state index in [0.717, 1.165) is 10.9 Å². The second kappa shape index (κ2) is 4.33. The van der Waals surface area contributed by atoms with Crippen LogP contribution in [0.2, 0.25) is 0 Å². The molecule has 1 aromatic carbocycles. The standard InChI is InChI=1S/C14H14F2N2O/c1-17-8-11(10-4-2-3-5-12(10)17)14(19)18-6-9(7-18)13(15)16/h2-5,8-9,13H,6-7H2,1H3. The highest BCUT2D eigenvalue weighted by Crippen LogP contribution is 2.27. The van der Waals surface area contributed by atoms with Crippen molar-refractivity contribution in [2.24, 2.45) is 13.0 Å². The lowest BCUT2D eigenvalue weighted by Crippen LogP contribution is -2.52. The summed E-state index contributed by atoms with van der Waals surface area (Å²) in [4.78, 5) is 13.8. The molecule has 1 saturated heterocycles. The maximum atomic E-state index is 12.4. The van der Waals surface area contributed by atoms with Crippen molar-refractivity contribution in [2.45, 2.75) is 6.43 Å². The molecule has 2 aromatic rings. The number of amides is 1. The minimum absolute atomic E-state index is 0.153. The Bertz CT molecular complexity index is 629. The zero-order valence-electron chi connectivity index (χ0n) is 10.5. The number of halogens is 2. The predicted molar refractivity (Wildman–Crippen MR) is 68.3 cm³/mol. The maximum Gasteiger partial charge on any atom is 0.256 e. The van der Waals surface area contributed by atoms with Crippen molar-refractivity contribution in [1.82, 2.24) is 9.47 Å². The van der Waals surface area contributed by atoms with Crippen LogP contribution in [0.5, 0.6) is 0 Å². The molecule has 0 unspecified atom stereocenters. The number of carbonyl (C=O) groups excluding carboxylic acids is 1. The van der Waals surface area contributed by atoms with Gasteiger partial charge in [0.05, 0.1) is 11.5 Å². The largest absolute Gasteiger partial charge is 0.350 e. The molecule has 0 N–H and O–H groups in total. The third-order valence-corrected chi connectivity index (χ3v) is 3.68. The minimum atomic E-state index is -2.34. The van der Waals surface area contributed by atoms with Crippen LogP contribution in [0, 0.1) is 5.92 Å². The fraction of sp³-hybridized carbons (Fsp3) is 0.357. The smallest absolute Gasteiger partial charge is 0.256 e. The molecule has 0 aliphatic carbocycles. The Kier molecular flexibility index (Phi) is 2.77. The molecule has 1 amide bonds. The summed E-state index contributed by atoms with van der Waals surface area (Å²) in [7, 11) is 1.87. The van der Waals surface area contributed by atoms with Gasteiger partial charge in [-0.25, -0.2) is 8.78 Å². The molecule has 100 valence electrons. The fourth-order valence-corrected chi connectivity index (χ4v) is 2.52. The van der Waals surface area contributed by atoms with Crippen molar-refractivity contribution >= 4 is 16.8 Å². The first-order valence-electron chi connectivity index (χ1n) is 6.19. The van der Waals surface area contributed by atoms with Gasteiger partial charge in [-0.2, -0.15) is 0 Å². The molecule has 0 radical (unpaired) electrons. The second-order valence-corrected chi connectivity index (χ2v) is 4.98. The van der Waals surface area contributed by atoms with E-state index < -0.39 is 12.3 Å². The van der Waals surface area contributed by atoms with E-state index in [-0.39, 0.29) is 19.0 Å².